The summed E-state index contributed by atoms with van der Waals surface area (Å²) in [7, 11) is 0. The van der Waals surface area contributed by atoms with Gasteiger partial charge < -0.3 is 10.5 Å². The summed E-state index contributed by atoms with van der Waals surface area (Å²) >= 11 is 0. The van der Waals surface area contributed by atoms with Crippen LogP contribution in [0, 0.1) is 6.92 Å². The van der Waals surface area contributed by atoms with Crippen LogP contribution in [-0.4, -0.2) is 18.8 Å². The predicted octanol–water partition coefficient (Wildman–Crippen LogP) is 3.08. The Morgan fingerprint density at radius 1 is 1.39 bits per heavy atom. The third-order valence-electron chi connectivity index (χ3n) is 2.27. The molecule has 0 aliphatic heterocycles. The van der Waals surface area contributed by atoms with Crippen LogP contribution >= 0.6 is 0 Å². The summed E-state index contributed by atoms with van der Waals surface area (Å²) in [6.45, 7) is 1.51. The number of hydrogen-bond donors (Lipinski definition) is 1. The largest absolute Gasteiger partial charge is 0.462 e. The molecule has 1 aromatic carbocycles. The van der Waals surface area contributed by atoms with E-state index < -0.39 is 18.6 Å². The summed E-state index contributed by atoms with van der Waals surface area (Å²) in [6, 6.07) is 4.83. The van der Waals surface area contributed by atoms with E-state index in [1.54, 1.807) is 25.1 Å². The van der Waals surface area contributed by atoms with Gasteiger partial charge >= 0.3 is 12.1 Å². The molecule has 0 radical (unpaired) electrons. The fourth-order valence-electron chi connectivity index (χ4n) is 1.36. The van der Waals surface area contributed by atoms with E-state index in [-0.39, 0.29) is 24.3 Å². The van der Waals surface area contributed by atoms with Gasteiger partial charge in [-0.15, -0.1) is 0 Å². The van der Waals surface area contributed by atoms with Crippen LogP contribution in [0.2, 0.25) is 0 Å². The van der Waals surface area contributed by atoms with Crippen molar-refractivity contribution in [3.05, 3.63) is 29.3 Å². The van der Waals surface area contributed by atoms with Crippen LogP contribution in [0.25, 0.3) is 0 Å². The van der Waals surface area contributed by atoms with E-state index >= 15 is 0 Å². The van der Waals surface area contributed by atoms with Gasteiger partial charge in [-0.05, 0) is 25.5 Å². The summed E-state index contributed by atoms with van der Waals surface area (Å²) in [5.74, 6) is -0.696. The second-order valence-electron chi connectivity index (χ2n) is 3.95. The lowest BCUT2D eigenvalue weighted by atomic mass is 10.1. The molecule has 3 nitrogen and oxygen atoms in total. The van der Waals surface area contributed by atoms with Crippen molar-refractivity contribution in [3.63, 3.8) is 0 Å². The number of anilines is 1. The number of aryl methyl sites for hydroxylation is 1. The molecular formula is C12H14F3NO2. The number of carbonyl (C=O) groups excluding carboxylic acids is 1. The minimum absolute atomic E-state index is 0.182. The van der Waals surface area contributed by atoms with E-state index in [0.717, 1.165) is 5.56 Å². The second-order valence-corrected chi connectivity index (χ2v) is 3.95. The molecule has 100 valence electrons. The molecule has 0 spiro atoms. The van der Waals surface area contributed by atoms with Gasteiger partial charge in [-0.25, -0.2) is 4.79 Å². The molecule has 0 amide bonds. The average molecular weight is 261 g/mol. The molecule has 0 saturated heterocycles. The lowest BCUT2D eigenvalue weighted by Gasteiger charge is -2.09. The fraction of sp³-hybridized carbons (Fsp3) is 0.417. The van der Waals surface area contributed by atoms with E-state index in [1.807, 2.05) is 0 Å². The van der Waals surface area contributed by atoms with E-state index in [0.29, 0.717) is 0 Å². The number of esters is 1. The van der Waals surface area contributed by atoms with E-state index in [1.165, 1.54) is 0 Å². The molecule has 0 saturated carbocycles. The average Bonchev–Trinajstić information content (AvgIpc) is 2.26. The van der Waals surface area contributed by atoms with Crippen molar-refractivity contribution in [1.29, 1.82) is 0 Å². The van der Waals surface area contributed by atoms with Crippen LogP contribution in [0.15, 0.2) is 18.2 Å². The van der Waals surface area contributed by atoms with Crippen LogP contribution in [-0.2, 0) is 4.74 Å². The first kappa shape index (κ1) is 14.3. The quantitative estimate of drug-likeness (QED) is 0.515. The maximum absolute atomic E-state index is 11.9. The summed E-state index contributed by atoms with van der Waals surface area (Å²) in [5.41, 5.74) is 6.84. The maximum Gasteiger partial charge on any atom is 0.389 e. The maximum atomic E-state index is 11.9. The highest BCUT2D eigenvalue weighted by Gasteiger charge is 2.26. The summed E-state index contributed by atoms with van der Waals surface area (Å²) in [4.78, 5) is 11.6. The Labute approximate surface area is 103 Å². The number of nitrogens with two attached hydrogens (primary N) is 1. The molecule has 0 heterocycles. The Morgan fingerprint density at radius 2 is 2.06 bits per heavy atom. The number of nitrogen functional groups attached to an aromatic ring is 1. The first-order valence-electron chi connectivity index (χ1n) is 5.39. The SMILES string of the molecule is Cc1ccc(N)c(C(=O)OCCCC(F)(F)F)c1. The minimum atomic E-state index is -4.23. The van der Waals surface area contributed by atoms with Crippen molar-refractivity contribution in [2.45, 2.75) is 25.9 Å². The van der Waals surface area contributed by atoms with Gasteiger partial charge in [0.25, 0.3) is 0 Å². The zero-order valence-corrected chi connectivity index (χ0v) is 9.88. The van der Waals surface area contributed by atoms with Gasteiger partial charge in [-0.3, -0.25) is 0 Å². The van der Waals surface area contributed by atoms with E-state index in [4.69, 9.17) is 10.5 Å². The summed E-state index contributed by atoms with van der Waals surface area (Å²) in [5, 5.41) is 0. The van der Waals surface area contributed by atoms with Crippen molar-refractivity contribution in [1.82, 2.24) is 0 Å². The van der Waals surface area contributed by atoms with Gasteiger partial charge in [-0.1, -0.05) is 11.6 Å². The highest BCUT2D eigenvalue weighted by molar-refractivity contribution is 5.95. The Kier molecular flexibility index (Phi) is 4.58. The normalized spacial score (nSPS) is 11.3. The van der Waals surface area contributed by atoms with Gasteiger partial charge in [0, 0.05) is 12.1 Å². The Morgan fingerprint density at radius 3 is 2.67 bits per heavy atom. The molecule has 1 rings (SSSR count). The number of carbonyl (C=O) groups is 1. The molecule has 0 fully saturated rings. The van der Waals surface area contributed by atoms with Gasteiger partial charge in [-0.2, -0.15) is 13.2 Å². The molecule has 2 N–H and O–H groups in total. The van der Waals surface area contributed by atoms with Gasteiger partial charge in [0.15, 0.2) is 0 Å². The van der Waals surface area contributed by atoms with Crippen LogP contribution < -0.4 is 5.73 Å². The van der Waals surface area contributed by atoms with Gasteiger partial charge in [0.1, 0.15) is 0 Å². The molecular weight excluding hydrogens is 247 g/mol. The fourth-order valence-corrected chi connectivity index (χ4v) is 1.36. The number of alkyl halides is 3. The lowest BCUT2D eigenvalue weighted by molar-refractivity contribution is -0.137. The standard InChI is InChI=1S/C12H14F3NO2/c1-8-3-4-10(16)9(7-8)11(17)18-6-2-5-12(13,14)15/h3-4,7H,2,5-6,16H2,1H3. The monoisotopic (exact) mass is 261 g/mol. The number of ether oxygens (including phenoxy) is 1. The Balaban J connectivity index is 2.48. The molecule has 0 aliphatic carbocycles. The molecule has 0 aliphatic rings. The number of rotatable bonds is 4. The highest BCUT2D eigenvalue weighted by Crippen LogP contribution is 2.21. The number of benzene rings is 1. The summed E-state index contributed by atoms with van der Waals surface area (Å²) < 4.78 is 40.3. The Hall–Kier alpha value is -1.72. The second kappa shape index (κ2) is 5.75. The van der Waals surface area contributed by atoms with Crippen molar-refractivity contribution >= 4 is 11.7 Å². The van der Waals surface area contributed by atoms with Crippen molar-refractivity contribution in [3.8, 4) is 0 Å². The van der Waals surface area contributed by atoms with Crippen LogP contribution in [0.3, 0.4) is 0 Å². The minimum Gasteiger partial charge on any atom is -0.462 e. The van der Waals surface area contributed by atoms with Gasteiger partial charge in [0.05, 0.1) is 12.2 Å². The zero-order valence-electron chi connectivity index (χ0n) is 9.88. The molecule has 6 heteroatoms. The first-order chi connectivity index (χ1) is 8.29. The van der Waals surface area contributed by atoms with Crippen molar-refractivity contribution in [2.75, 3.05) is 12.3 Å². The smallest absolute Gasteiger partial charge is 0.389 e. The molecule has 1 aromatic rings. The van der Waals surface area contributed by atoms with E-state index in [2.05, 4.69) is 0 Å². The molecule has 0 atom stereocenters. The zero-order chi connectivity index (χ0) is 13.8. The molecule has 0 bridgehead atoms. The van der Waals surface area contributed by atoms with Crippen molar-refractivity contribution in [2.24, 2.45) is 0 Å². The third kappa shape index (κ3) is 4.65. The van der Waals surface area contributed by atoms with Gasteiger partial charge in [0.2, 0.25) is 0 Å². The lowest BCUT2D eigenvalue weighted by Crippen LogP contribution is -2.12. The topological polar surface area (TPSA) is 52.3 Å². The van der Waals surface area contributed by atoms with Crippen LogP contribution in [0.1, 0.15) is 28.8 Å². The van der Waals surface area contributed by atoms with Crippen LogP contribution in [0.4, 0.5) is 18.9 Å². The molecule has 0 unspecified atom stereocenters. The van der Waals surface area contributed by atoms with Crippen LogP contribution in [0.5, 0.6) is 0 Å². The van der Waals surface area contributed by atoms with Crippen molar-refractivity contribution < 1.29 is 22.7 Å². The summed E-state index contributed by atoms with van der Waals surface area (Å²) in [6.07, 6.45) is -5.45. The number of hydrogen-bond acceptors (Lipinski definition) is 3. The predicted molar refractivity (Wildman–Crippen MR) is 61.2 cm³/mol. The van der Waals surface area contributed by atoms with E-state index in [9.17, 15) is 18.0 Å². The highest BCUT2D eigenvalue weighted by atomic mass is 19.4. The molecule has 0 aromatic heterocycles. The third-order valence-corrected chi connectivity index (χ3v) is 2.27. The first-order valence-corrected chi connectivity index (χ1v) is 5.39. The number of halogens is 3. The molecule has 18 heavy (non-hydrogen) atoms. The Bertz CT molecular complexity index is 430.